The molecule has 0 aliphatic heterocycles. The van der Waals surface area contributed by atoms with Gasteiger partial charge in [-0.25, -0.2) is 4.98 Å². The van der Waals surface area contributed by atoms with Crippen LogP contribution < -0.4 is 5.56 Å². The number of benzene rings is 1. The molecule has 2 aromatic rings. The van der Waals surface area contributed by atoms with E-state index in [0.717, 1.165) is 0 Å². The number of hydrogen-bond acceptors (Lipinski definition) is 6. The lowest BCUT2D eigenvalue weighted by atomic mass is 10.2. The zero-order valence-corrected chi connectivity index (χ0v) is 11.7. The third-order valence-corrected chi connectivity index (χ3v) is 4.26. The maximum Gasteiger partial charge on any atom is 0.283 e. The molecule has 7 nitrogen and oxygen atoms in total. The number of aliphatic hydroxyl groups is 1. The maximum absolute atomic E-state index is 11.6. The van der Waals surface area contributed by atoms with Crippen LogP contribution in [0.25, 0.3) is 10.9 Å². The summed E-state index contributed by atoms with van der Waals surface area (Å²) < 4.78 is 0. The minimum absolute atomic E-state index is 0.159. The molecule has 0 fully saturated rings. The Bertz CT molecular complexity index is 713. The van der Waals surface area contributed by atoms with E-state index in [2.05, 4.69) is 9.97 Å². The molecule has 20 heavy (non-hydrogen) atoms. The first-order chi connectivity index (χ1) is 9.40. The van der Waals surface area contributed by atoms with Gasteiger partial charge in [-0.2, -0.15) is 0 Å². The summed E-state index contributed by atoms with van der Waals surface area (Å²) in [6, 6.07) is 2.73. The standard InChI is InChI=1S/C12H13N3O4S/c1-6(16)7(2)20-11-4-9-8(3-10(11)15(18)19)12(17)14-5-13-9/h3-7,16H,1-2H3,(H,13,14,17). The number of aromatic nitrogens is 2. The summed E-state index contributed by atoms with van der Waals surface area (Å²) in [5.74, 6) is 0. The van der Waals surface area contributed by atoms with Crippen molar-refractivity contribution in [2.24, 2.45) is 0 Å². The van der Waals surface area contributed by atoms with Gasteiger partial charge in [-0.15, -0.1) is 11.8 Å². The van der Waals surface area contributed by atoms with Crippen molar-refractivity contribution in [3.8, 4) is 0 Å². The van der Waals surface area contributed by atoms with Gasteiger partial charge in [0.2, 0.25) is 0 Å². The summed E-state index contributed by atoms with van der Waals surface area (Å²) in [6.45, 7) is 3.39. The van der Waals surface area contributed by atoms with Gasteiger partial charge in [-0.05, 0) is 13.0 Å². The molecule has 106 valence electrons. The molecule has 0 saturated heterocycles. The van der Waals surface area contributed by atoms with Crippen LogP contribution in [0.3, 0.4) is 0 Å². The Labute approximate surface area is 118 Å². The monoisotopic (exact) mass is 295 g/mol. The average molecular weight is 295 g/mol. The number of rotatable bonds is 4. The van der Waals surface area contributed by atoms with Crippen molar-refractivity contribution in [2.45, 2.75) is 30.1 Å². The van der Waals surface area contributed by atoms with Crippen LogP contribution in [-0.4, -0.2) is 31.4 Å². The molecule has 0 bridgehead atoms. The largest absolute Gasteiger partial charge is 0.392 e. The van der Waals surface area contributed by atoms with Crippen molar-refractivity contribution < 1.29 is 10.0 Å². The number of aromatic amines is 1. The first kappa shape index (κ1) is 14.5. The zero-order valence-electron chi connectivity index (χ0n) is 10.9. The Balaban J connectivity index is 2.60. The van der Waals surface area contributed by atoms with Crippen molar-refractivity contribution in [3.05, 3.63) is 38.9 Å². The molecule has 0 radical (unpaired) electrons. The molecule has 0 aliphatic carbocycles. The van der Waals surface area contributed by atoms with E-state index in [9.17, 15) is 20.0 Å². The third kappa shape index (κ3) is 2.81. The summed E-state index contributed by atoms with van der Waals surface area (Å²) in [4.78, 5) is 29.0. The number of nitrogens with zero attached hydrogens (tertiary/aromatic N) is 2. The molecule has 0 aliphatic rings. The highest BCUT2D eigenvalue weighted by atomic mass is 32.2. The Morgan fingerprint density at radius 1 is 1.45 bits per heavy atom. The van der Waals surface area contributed by atoms with E-state index < -0.39 is 16.6 Å². The van der Waals surface area contributed by atoms with Gasteiger partial charge in [0, 0.05) is 11.3 Å². The van der Waals surface area contributed by atoms with Crippen molar-refractivity contribution in [3.63, 3.8) is 0 Å². The number of nitro groups is 1. The summed E-state index contributed by atoms with van der Waals surface area (Å²) in [5, 5.41) is 20.6. The van der Waals surface area contributed by atoms with E-state index >= 15 is 0 Å². The minimum Gasteiger partial charge on any atom is -0.392 e. The fourth-order valence-corrected chi connectivity index (χ4v) is 2.65. The third-order valence-electron chi connectivity index (χ3n) is 2.91. The van der Waals surface area contributed by atoms with Crippen molar-refractivity contribution in [2.75, 3.05) is 0 Å². The normalized spacial score (nSPS) is 14.2. The smallest absolute Gasteiger partial charge is 0.283 e. The summed E-state index contributed by atoms with van der Waals surface area (Å²) >= 11 is 1.18. The number of fused-ring (bicyclic) bond motifs is 1. The quantitative estimate of drug-likeness (QED) is 0.504. The number of aliphatic hydroxyl groups excluding tert-OH is 1. The van der Waals surface area contributed by atoms with Gasteiger partial charge >= 0.3 is 0 Å². The Kier molecular flexibility index (Phi) is 4.05. The number of thioether (sulfide) groups is 1. The molecule has 0 spiro atoms. The van der Waals surface area contributed by atoms with E-state index in [-0.39, 0.29) is 16.3 Å². The predicted molar refractivity (Wildman–Crippen MR) is 76.0 cm³/mol. The summed E-state index contributed by atoms with van der Waals surface area (Å²) in [5.41, 5.74) is -0.189. The molecule has 2 atom stereocenters. The fraction of sp³-hybridized carbons (Fsp3) is 0.333. The number of nitro benzene ring substituents is 1. The second kappa shape index (κ2) is 5.59. The number of hydrogen-bond donors (Lipinski definition) is 2. The van der Waals surface area contributed by atoms with Crippen molar-refractivity contribution >= 4 is 28.4 Å². The van der Waals surface area contributed by atoms with Gasteiger partial charge < -0.3 is 10.1 Å². The molecular formula is C12H13N3O4S. The highest BCUT2D eigenvalue weighted by Gasteiger charge is 2.21. The molecule has 1 heterocycles. The molecule has 0 saturated carbocycles. The van der Waals surface area contributed by atoms with Crippen LogP contribution in [0.4, 0.5) is 5.69 Å². The highest BCUT2D eigenvalue weighted by Crippen LogP contribution is 2.35. The van der Waals surface area contributed by atoms with E-state index in [0.29, 0.717) is 10.4 Å². The molecule has 2 unspecified atom stereocenters. The first-order valence-corrected chi connectivity index (χ1v) is 6.78. The highest BCUT2D eigenvalue weighted by molar-refractivity contribution is 8.00. The van der Waals surface area contributed by atoms with Gasteiger partial charge in [0.25, 0.3) is 11.2 Å². The topological polar surface area (TPSA) is 109 Å². The fourth-order valence-electron chi connectivity index (χ4n) is 1.62. The van der Waals surface area contributed by atoms with E-state index in [1.54, 1.807) is 13.8 Å². The molecule has 1 aromatic heterocycles. The summed E-state index contributed by atoms with van der Waals surface area (Å²) in [7, 11) is 0. The van der Waals surface area contributed by atoms with Gasteiger partial charge in [-0.3, -0.25) is 14.9 Å². The minimum atomic E-state index is -0.609. The number of nitrogens with one attached hydrogen (secondary N) is 1. The van der Waals surface area contributed by atoms with E-state index in [1.165, 1.54) is 30.2 Å². The number of H-pyrrole nitrogens is 1. The van der Waals surface area contributed by atoms with Crippen LogP contribution in [0.1, 0.15) is 13.8 Å². The maximum atomic E-state index is 11.6. The van der Waals surface area contributed by atoms with Crippen molar-refractivity contribution in [1.29, 1.82) is 0 Å². The SMILES string of the molecule is CC(O)C(C)Sc1cc2nc[nH]c(=O)c2cc1[N+](=O)[O-]. The summed E-state index contributed by atoms with van der Waals surface area (Å²) in [6.07, 6.45) is 0.644. The lowest BCUT2D eigenvalue weighted by molar-refractivity contribution is -0.387. The van der Waals surface area contributed by atoms with Gasteiger partial charge in [0.15, 0.2) is 0 Å². The Morgan fingerprint density at radius 2 is 2.15 bits per heavy atom. The van der Waals surface area contributed by atoms with Gasteiger partial charge in [0.1, 0.15) is 0 Å². The second-order valence-corrected chi connectivity index (χ2v) is 5.81. The molecule has 8 heteroatoms. The van der Waals surface area contributed by atoms with E-state index in [1.807, 2.05) is 0 Å². The van der Waals surface area contributed by atoms with Crippen LogP contribution in [0.15, 0.2) is 28.2 Å². The molecule has 0 amide bonds. The van der Waals surface area contributed by atoms with Crippen LogP contribution in [0.2, 0.25) is 0 Å². The van der Waals surface area contributed by atoms with Crippen LogP contribution >= 0.6 is 11.8 Å². The van der Waals surface area contributed by atoms with Crippen LogP contribution in [-0.2, 0) is 0 Å². The Hall–Kier alpha value is -1.93. The molecule has 2 rings (SSSR count). The Morgan fingerprint density at radius 3 is 2.75 bits per heavy atom. The van der Waals surface area contributed by atoms with Crippen LogP contribution in [0.5, 0.6) is 0 Å². The van der Waals surface area contributed by atoms with E-state index in [4.69, 9.17) is 0 Å². The average Bonchev–Trinajstić information content (AvgIpc) is 2.38. The predicted octanol–water partition coefficient (Wildman–Crippen LogP) is 1.69. The van der Waals surface area contributed by atoms with Gasteiger partial charge in [-0.1, -0.05) is 6.92 Å². The molecule has 1 aromatic carbocycles. The molecule has 2 N–H and O–H groups in total. The lowest BCUT2D eigenvalue weighted by Gasteiger charge is -2.14. The van der Waals surface area contributed by atoms with Crippen LogP contribution in [0, 0.1) is 10.1 Å². The first-order valence-electron chi connectivity index (χ1n) is 5.90. The second-order valence-electron chi connectivity index (χ2n) is 4.39. The van der Waals surface area contributed by atoms with Crippen molar-refractivity contribution in [1.82, 2.24) is 9.97 Å². The molecular weight excluding hydrogens is 282 g/mol. The van der Waals surface area contributed by atoms with Gasteiger partial charge in [0.05, 0.1) is 33.2 Å². The zero-order chi connectivity index (χ0) is 14.9. The lowest BCUT2D eigenvalue weighted by Crippen LogP contribution is -2.15.